The van der Waals surface area contributed by atoms with Crippen molar-refractivity contribution in [2.24, 2.45) is 0 Å². The topological polar surface area (TPSA) is 258 Å². The standard InChI is InChI=1S/C20H38O16/c1-31-17(7(23)5-33-19-15(29)13(27)11(25)9(3-21)35-19)18(32-2)8(24)6-34-20-16(30)14(28)12(26)10(4-22)36-20/h7-30H,3-6H2,1-2H3/t7-,8-,9-,10-,11-,12-,13+,14+,15-,16-,17-,18-,19-,20-/m1/s1. The SMILES string of the molecule is CO[C@@H]([C@H](OC)[C@H](O)CO[C@@H]1O[C@H](CO)[C@@H](O)[C@H](O)[C@H]1O)[C@H](O)CO[C@@H]1O[C@H](CO)[C@@H](O)[C@H](O)[C@H]1O. The summed E-state index contributed by atoms with van der Waals surface area (Å²) in [4.78, 5) is 0. The van der Waals surface area contributed by atoms with Crippen LogP contribution in [0.3, 0.4) is 0 Å². The first-order valence-corrected chi connectivity index (χ1v) is 11.3. The van der Waals surface area contributed by atoms with Crippen molar-refractivity contribution in [1.29, 1.82) is 0 Å². The molecule has 0 aromatic rings. The first-order chi connectivity index (χ1) is 17.0. The van der Waals surface area contributed by atoms with Gasteiger partial charge in [0.15, 0.2) is 12.6 Å². The molecule has 0 amide bonds. The number of hydrogen-bond acceptors (Lipinski definition) is 16. The maximum absolute atomic E-state index is 10.6. The summed E-state index contributed by atoms with van der Waals surface area (Å²) >= 11 is 0. The van der Waals surface area contributed by atoms with Crippen LogP contribution >= 0.6 is 0 Å². The number of aliphatic hydroxyl groups is 10. The molecule has 16 heteroatoms. The van der Waals surface area contributed by atoms with Crippen molar-refractivity contribution >= 4 is 0 Å². The summed E-state index contributed by atoms with van der Waals surface area (Å²) in [6.45, 7) is -2.44. The predicted octanol–water partition coefficient (Wildman–Crippen LogP) is -6.63. The minimum absolute atomic E-state index is 0.554. The Balaban J connectivity index is 1.95. The molecule has 0 spiro atoms. The van der Waals surface area contributed by atoms with Gasteiger partial charge in [0.25, 0.3) is 0 Å². The summed E-state index contributed by atoms with van der Waals surface area (Å²) in [5.74, 6) is 0. The van der Waals surface area contributed by atoms with Gasteiger partial charge in [-0.05, 0) is 0 Å². The lowest BCUT2D eigenvalue weighted by atomic mass is 9.99. The number of rotatable bonds is 13. The number of hydrogen-bond donors (Lipinski definition) is 10. The highest BCUT2D eigenvalue weighted by atomic mass is 16.7. The summed E-state index contributed by atoms with van der Waals surface area (Å²) in [5.41, 5.74) is 0. The van der Waals surface area contributed by atoms with E-state index in [0.29, 0.717) is 0 Å². The highest BCUT2D eigenvalue weighted by Crippen LogP contribution is 2.24. The molecule has 0 bridgehead atoms. The first kappa shape index (κ1) is 31.6. The van der Waals surface area contributed by atoms with E-state index in [4.69, 9.17) is 28.4 Å². The van der Waals surface area contributed by atoms with Crippen LogP contribution in [0.1, 0.15) is 0 Å². The molecule has 0 saturated carbocycles. The van der Waals surface area contributed by atoms with Gasteiger partial charge in [0.05, 0.1) is 26.4 Å². The van der Waals surface area contributed by atoms with E-state index < -0.39 is 112 Å². The highest BCUT2D eigenvalue weighted by molar-refractivity contribution is 4.91. The van der Waals surface area contributed by atoms with Gasteiger partial charge in [-0.1, -0.05) is 0 Å². The second-order valence-electron chi connectivity index (χ2n) is 8.60. The smallest absolute Gasteiger partial charge is 0.186 e. The lowest BCUT2D eigenvalue weighted by Gasteiger charge is -2.40. The molecule has 10 N–H and O–H groups in total. The number of methoxy groups -OCH3 is 2. The van der Waals surface area contributed by atoms with E-state index in [1.807, 2.05) is 0 Å². The highest BCUT2D eigenvalue weighted by Gasteiger charge is 2.46. The van der Waals surface area contributed by atoms with Crippen molar-refractivity contribution in [2.75, 3.05) is 40.6 Å². The third-order valence-electron chi connectivity index (χ3n) is 6.19. The lowest BCUT2D eigenvalue weighted by Crippen LogP contribution is -2.60. The van der Waals surface area contributed by atoms with Gasteiger partial charge in [0.2, 0.25) is 0 Å². The molecular weight excluding hydrogens is 496 g/mol. The molecule has 2 fully saturated rings. The Morgan fingerprint density at radius 1 is 0.583 bits per heavy atom. The Labute approximate surface area is 206 Å². The molecule has 0 unspecified atom stereocenters. The maximum atomic E-state index is 10.6. The normalized spacial score (nSPS) is 41.0. The monoisotopic (exact) mass is 534 g/mol. The molecule has 0 aliphatic carbocycles. The fourth-order valence-corrected chi connectivity index (χ4v) is 4.01. The van der Waals surface area contributed by atoms with Gasteiger partial charge >= 0.3 is 0 Å². The number of aliphatic hydroxyl groups excluding tert-OH is 10. The molecule has 2 aliphatic heterocycles. The van der Waals surface area contributed by atoms with Crippen LogP contribution < -0.4 is 0 Å². The molecule has 2 heterocycles. The van der Waals surface area contributed by atoms with Crippen molar-refractivity contribution < 1.29 is 79.5 Å². The summed E-state index contributed by atoms with van der Waals surface area (Å²) in [6, 6.07) is 0. The lowest BCUT2D eigenvalue weighted by molar-refractivity contribution is -0.310. The number of ether oxygens (including phenoxy) is 6. The molecule has 2 aliphatic rings. The third kappa shape index (κ3) is 7.26. The van der Waals surface area contributed by atoms with Crippen LogP contribution in [0.15, 0.2) is 0 Å². The third-order valence-corrected chi connectivity index (χ3v) is 6.19. The molecule has 0 aromatic heterocycles. The molecule has 214 valence electrons. The predicted molar refractivity (Wildman–Crippen MR) is 113 cm³/mol. The molecule has 2 rings (SSSR count). The van der Waals surface area contributed by atoms with Gasteiger partial charge in [-0.3, -0.25) is 0 Å². The Morgan fingerprint density at radius 2 is 0.917 bits per heavy atom. The van der Waals surface area contributed by atoms with Crippen molar-refractivity contribution in [3.8, 4) is 0 Å². The zero-order valence-corrected chi connectivity index (χ0v) is 19.8. The van der Waals surface area contributed by atoms with Crippen LogP contribution in [-0.2, 0) is 28.4 Å². The van der Waals surface area contributed by atoms with Crippen molar-refractivity contribution in [1.82, 2.24) is 0 Å². The Morgan fingerprint density at radius 3 is 1.19 bits per heavy atom. The van der Waals surface area contributed by atoms with Gasteiger partial charge in [-0.15, -0.1) is 0 Å². The summed E-state index contributed by atoms with van der Waals surface area (Å²) in [5, 5.41) is 99.1. The molecule has 16 nitrogen and oxygen atoms in total. The Kier molecular flexibility index (Phi) is 12.7. The van der Waals surface area contributed by atoms with E-state index in [9.17, 15) is 51.1 Å². The second-order valence-corrected chi connectivity index (χ2v) is 8.60. The van der Waals surface area contributed by atoms with Crippen LogP contribution in [0, 0.1) is 0 Å². The van der Waals surface area contributed by atoms with Crippen molar-refractivity contribution in [2.45, 2.75) is 85.8 Å². The van der Waals surface area contributed by atoms with E-state index in [1.54, 1.807) is 0 Å². The quantitative estimate of drug-likeness (QED) is 0.105. The molecule has 14 atom stereocenters. The molecule has 0 radical (unpaired) electrons. The molecule has 36 heavy (non-hydrogen) atoms. The zero-order valence-electron chi connectivity index (χ0n) is 19.8. The summed E-state index contributed by atoms with van der Waals surface area (Å²) in [6.07, 6.45) is -20.8. The van der Waals surface area contributed by atoms with Crippen LogP contribution in [0.4, 0.5) is 0 Å². The van der Waals surface area contributed by atoms with Gasteiger partial charge in [-0.2, -0.15) is 0 Å². The van der Waals surface area contributed by atoms with E-state index in [0.717, 1.165) is 0 Å². The van der Waals surface area contributed by atoms with Crippen LogP contribution in [0.25, 0.3) is 0 Å². The van der Waals surface area contributed by atoms with E-state index >= 15 is 0 Å². The minimum Gasteiger partial charge on any atom is -0.394 e. The van der Waals surface area contributed by atoms with Gasteiger partial charge in [0.1, 0.15) is 73.2 Å². The van der Waals surface area contributed by atoms with Crippen LogP contribution in [0.5, 0.6) is 0 Å². The van der Waals surface area contributed by atoms with Gasteiger partial charge in [-0.25, -0.2) is 0 Å². The van der Waals surface area contributed by atoms with Gasteiger partial charge in [0, 0.05) is 14.2 Å². The average molecular weight is 535 g/mol. The summed E-state index contributed by atoms with van der Waals surface area (Å²) in [7, 11) is 2.41. The average Bonchev–Trinajstić information content (AvgIpc) is 2.87. The fraction of sp³-hybridized carbons (Fsp3) is 1.00. The first-order valence-electron chi connectivity index (χ1n) is 11.3. The van der Waals surface area contributed by atoms with Crippen LogP contribution in [0.2, 0.25) is 0 Å². The Bertz CT molecular complexity index is 573. The van der Waals surface area contributed by atoms with Crippen LogP contribution in [-0.4, -0.2) is 178 Å². The Hall–Kier alpha value is -0.640. The zero-order chi connectivity index (χ0) is 27.2. The van der Waals surface area contributed by atoms with Gasteiger partial charge < -0.3 is 79.5 Å². The van der Waals surface area contributed by atoms with E-state index in [-0.39, 0.29) is 0 Å². The van der Waals surface area contributed by atoms with Crippen molar-refractivity contribution in [3.63, 3.8) is 0 Å². The van der Waals surface area contributed by atoms with E-state index in [2.05, 4.69) is 0 Å². The molecular formula is C20H38O16. The second kappa shape index (κ2) is 14.5. The molecule has 2 saturated heterocycles. The minimum atomic E-state index is -1.69. The fourth-order valence-electron chi connectivity index (χ4n) is 4.01. The molecule has 0 aromatic carbocycles. The maximum Gasteiger partial charge on any atom is 0.186 e. The van der Waals surface area contributed by atoms with Crippen molar-refractivity contribution in [3.05, 3.63) is 0 Å². The summed E-state index contributed by atoms with van der Waals surface area (Å²) < 4.78 is 31.4. The largest absolute Gasteiger partial charge is 0.394 e. The van der Waals surface area contributed by atoms with E-state index in [1.165, 1.54) is 14.2 Å².